The second-order valence-electron chi connectivity index (χ2n) is 5.38. The van der Waals surface area contributed by atoms with E-state index in [-0.39, 0.29) is 23.3 Å². The van der Waals surface area contributed by atoms with Crippen molar-refractivity contribution < 1.29 is 9.59 Å². The van der Waals surface area contributed by atoms with Gasteiger partial charge in [0, 0.05) is 17.9 Å². The quantitative estimate of drug-likeness (QED) is 0.834. The predicted octanol–water partition coefficient (Wildman–Crippen LogP) is 3.72. The Morgan fingerprint density at radius 3 is 2.46 bits per heavy atom. The first-order valence-electron chi connectivity index (χ1n) is 7.90. The highest BCUT2D eigenvalue weighted by Crippen LogP contribution is 2.17. The van der Waals surface area contributed by atoms with Gasteiger partial charge in [0.25, 0.3) is 0 Å². The third-order valence-electron chi connectivity index (χ3n) is 3.45. The number of amides is 2. The minimum Gasteiger partial charge on any atom is -0.325 e. The van der Waals surface area contributed by atoms with E-state index in [0.29, 0.717) is 6.54 Å². The van der Waals surface area contributed by atoms with Crippen molar-refractivity contribution in [3.05, 3.63) is 60.2 Å². The Bertz CT molecular complexity index is 689. The van der Waals surface area contributed by atoms with E-state index < -0.39 is 0 Å². The minimum atomic E-state index is -0.0994. The van der Waals surface area contributed by atoms with Crippen molar-refractivity contribution in [1.82, 2.24) is 0 Å². The van der Waals surface area contributed by atoms with Crippen LogP contribution in [0.2, 0.25) is 0 Å². The zero-order chi connectivity index (χ0) is 17.4. The molecule has 2 aromatic carbocycles. The van der Waals surface area contributed by atoms with Crippen LogP contribution in [0.1, 0.15) is 12.5 Å². The topological polar surface area (TPSA) is 49.4 Å². The van der Waals surface area contributed by atoms with Crippen molar-refractivity contribution in [2.75, 3.05) is 28.3 Å². The van der Waals surface area contributed by atoms with Crippen LogP contribution in [0.15, 0.2) is 54.6 Å². The van der Waals surface area contributed by atoms with Gasteiger partial charge >= 0.3 is 0 Å². The SMILES string of the molecule is CCN(C(=O)CSCC(=O)Nc1ccccc1)c1cccc(C)c1. The van der Waals surface area contributed by atoms with Crippen molar-refractivity contribution in [3.8, 4) is 0 Å². The Balaban J connectivity index is 1.82. The van der Waals surface area contributed by atoms with Crippen molar-refractivity contribution in [3.63, 3.8) is 0 Å². The molecule has 5 heteroatoms. The lowest BCUT2D eigenvalue weighted by Crippen LogP contribution is -2.32. The fourth-order valence-electron chi connectivity index (χ4n) is 2.33. The average Bonchev–Trinajstić information content (AvgIpc) is 2.56. The summed E-state index contributed by atoms with van der Waals surface area (Å²) in [6.45, 7) is 4.57. The van der Waals surface area contributed by atoms with Crippen LogP contribution in [-0.4, -0.2) is 29.9 Å². The summed E-state index contributed by atoms with van der Waals surface area (Å²) in [7, 11) is 0. The first kappa shape index (κ1) is 18.1. The van der Waals surface area contributed by atoms with Gasteiger partial charge < -0.3 is 10.2 Å². The Morgan fingerprint density at radius 2 is 1.79 bits per heavy atom. The molecule has 126 valence electrons. The van der Waals surface area contributed by atoms with Gasteiger partial charge in [-0.25, -0.2) is 0 Å². The lowest BCUT2D eigenvalue weighted by Gasteiger charge is -2.21. The molecule has 0 atom stereocenters. The van der Waals surface area contributed by atoms with E-state index in [1.807, 2.05) is 68.4 Å². The molecule has 0 heterocycles. The summed E-state index contributed by atoms with van der Waals surface area (Å²) >= 11 is 1.33. The molecule has 0 bridgehead atoms. The van der Waals surface area contributed by atoms with Crippen molar-refractivity contribution in [2.24, 2.45) is 0 Å². The second kappa shape index (κ2) is 9.13. The Labute approximate surface area is 147 Å². The van der Waals surface area contributed by atoms with Crippen LogP contribution in [-0.2, 0) is 9.59 Å². The largest absolute Gasteiger partial charge is 0.325 e. The first-order chi connectivity index (χ1) is 11.6. The molecule has 0 saturated carbocycles. The highest BCUT2D eigenvalue weighted by molar-refractivity contribution is 8.00. The van der Waals surface area contributed by atoms with E-state index in [9.17, 15) is 9.59 Å². The smallest absolute Gasteiger partial charge is 0.236 e. The zero-order valence-electron chi connectivity index (χ0n) is 14.0. The van der Waals surface area contributed by atoms with Gasteiger partial charge in [-0.15, -0.1) is 11.8 Å². The maximum Gasteiger partial charge on any atom is 0.236 e. The number of hydrogen-bond acceptors (Lipinski definition) is 3. The fourth-order valence-corrected chi connectivity index (χ4v) is 3.02. The number of anilines is 2. The highest BCUT2D eigenvalue weighted by atomic mass is 32.2. The van der Waals surface area contributed by atoms with Gasteiger partial charge in [-0.1, -0.05) is 30.3 Å². The predicted molar refractivity (Wildman–Crippen MR) is 102 cm³/mol. The van der Waals surface area contributed by atoms with Gasteiger partial charge in [-0.3, -0.25) is 9.59 Å². The summed E-state index contributed by atoms with van der Waals surface area (Å²) in [5.74, 6) is 0.453. The molecule has 0 aliphatic carbocycles. The van der Waals surface area contributed by atoms with E-state index in [2.05, 4.69) is 5.32 Å². The average molecular weight is 342 g/mol. The van der Waals surface area contributed by atoms with Crippen LogP contribution in [0, 0.1) is 6.92 Å². The molecule has 2 aromatic rings. The molecule has 0 fully saturated rings. The monoisotopic (exact) mass is 342 g/mol. The number of hydrogen-bond donors (Lipinski definition) is 1. The molecule has 2 rings (SSSR count). The van der Waals surface area contributed by atoms with E-state index in [0.717, 1.165) is 16.9 Å². The van der Waals surface area contributed by atoms with Crippen LogP contribution in [0.5, 0.6) is 0 Å². The standard InChI is InChI=1S/C19H22N2O2S/c1-3-21(17-11-7-8-15(2)12-17)19(23)14-24-13-18(22)20-16-9-5-4-6-10-16/h4-12H,3,13-14H2,1-2H3,(H,20,22). The molecule has 0 spiro atoms. The van der Waals surface area contributed by atoms with Crippen molar-refractivity contribution >= 4 is 35.0 Å². The molecular formula is C19H22N2O2S. The fraction of sp³-hybridized carbons (Fsp3) is 0.263. The third-order valence-corrected chi connectivity index (χ3v) is 4.36. The Kier molecular flexibility index (Phi) is 6.88. The maximum absolute atomic E-state index is 12.4. The summed E-state index contributed by atoms with van der Waals surface area (Å²) in [4.78, 5) is 26.0. The summed E-state index contributed by atoms with van der Waals surface area (Å²) < 4.78 is 0. The van der Waals surface area contributed by atoms with E-state index in [4.69, 9.17) is 0 Å². The molecular weight excluding hydrogens is 320 g/mol. The molecule has 2 amide bonds. The van der Waals surface area contributed by atoms with Crippen LogP contribution < -0.4 is 10.2 Å². The summed E-state index contributed by atoms with van der Waals surface area (Å²) in [6.07, 6.45) is 0. The Hall–Kier alpha value is -2.27. The van der Waals surface area contributed by atoms with E-state index in [1.165, 1.54) is 11.8 Å². The van der Waals surface area contributed by atoms with Gasteiger partial charge in [-0.2, -0.15) is 0 Å². The highest BCUT2D eigenvalue weighted by Gasteiger charge is 2.14. The molecule has 0 aliphatic heterocycles. The van der Waals surface area contributed by atoms with E-state index >= 15 is 0 Å². The normalized spacial score (nSPS) is 10.2. The Morgan fingerprint density at radius 1 is 1.04 bits per heavy atom. The third kappa shape index (κ3) is 5.42. The van der Waals surface area contributed by atoms with Gasteiger partial charge in [0.2, 0.25) is 11.8 Å². The first-order valence-corrected chi connectivity index (χ1v) is 9.05. The minimum absolute atomic E-state index is 0.0145. The summed E-state index contributed by atoms with van der Waals surface area (Å²) in [5, 5.41) is 2.81. The van der Waals surface area contributed by atoms with Crippen LogP contribution in [0.25, 0.3) is 0 Å². The molecule has 4 nitrogen and oxygen atoms in total. The maximum atomic E-state index is 12.4. The summed E-state index contributed by atoms with van der Waals surface area (Å²) in [6, 6.07) is 17.2. The molecule has 0 aliphatic rings. The lowest BCUT2D eigenvalue weighted by atomic mass is 10.2. The number of carbonyl (C=O) groups excluding carboxylic acids is 2. The summed E-state index contributed by atoms with van der Waals surface area (Å²) in [5.41, 5.74) is 2.79. The molecule has 0 radical (unpaired) electrons. The lowest BCUT2D eigenvalue weighted by molar-refractivity contribution is -0.116. The van der Waals surface area contributed by atoms with Crippen LogP contribution in [0.4, 0.5) is 11.4 Å². The number of nitrogens with zero attached hydrogens (tertiary/aromatic N) is 1. The number of thioether (sulfide) groups is 1. The van der Waals surface area contributed by atoms with Gasteiger partial charge in [0.05, 0.1) is 11.5 Å². The molecule has 0 aromatic heterocycles. The van der Waals surface area contributed by atoms with Crippen LogP contribution >= 0.6 is 11.8 Å². The van der Waals surface area contributed by atoms with Gasteiger partial charge in [-0.05, 0) is 43.7 Å². The van der Waals surface area contributed by atoms with Crippen LogP contribution in [0.3, 0.4) is 0 Å². The van der Waals surface area contributed by atoms with E-state index in [1.54, 1.807) is 4.90 Å². The number of para-hydroxylation sites is 1. The molecule has 0 saturated heterocycles. The van der Waals surface area contributed by atoms with Crippen molar-refractivity contribution in [1.29, 1.82) is 0 Å². The van der Waals surface area contributed by atoms with Gasteiger partial charge in [0.1, 0.15) is 0 Å². The number of aryl methyl sites for hydroxylation is 1. The molecule has 1 N–H and O–H groups in total. The number of nitrogens with one attached hydrogen (secondary N) is 1. The molecule has 24 heavy (non-hydrogen) atoms. The number of benzene rings is 2. The second-order valence-corrected chi connectivity index (χ2v) is 6.37. The molecule has 0 unspecified atom stereocenters. The van der Waals surface area contributed by atoms with Crippen molar-refractivity contribution in [2.45, 2.75) is 13.8 Å². The number of carbonyl (C=O) groups is 2. The zero-order valence-corrected chi connectivity index (χ0v) is 14.8. The number of rotatable bonds is 7. The van der Waals surface area contributed by atoms with Gasteiger partial charge in [0.15, 0.2) is 0 Å².